The molecule has 1 aliphatic heterocycles. The molecule has 1 fully saturated rings. The Morgan fingerprint density at radius 2 is 1.32 bits per heavy atom. The summed E-state index contributed by atoms with van der Waals surface area (Å²) >= 11 is 0. The molecule has 3 aromatic rings. The fourth-order valence-corrected chi connectivity index (χ4v) is 7.80. The van der Waals surface area contributed by atoms with Gasteiger partial charge in [-0.1, -0.05) is 48.5 Å². The first-order chi connectivity index (χ1) is 34.3. The van der Waals surface area contributed by atoms with Crippen LogP contribution in [-0.2, 0) is 56.0 Å². The van der Waals surface area contributed by atoms with E-state index in [4.69, 9.17) is 28.7 Å². The topological polar surface area (TPSA) is 420 Å². The van der Waals surface area contributed by atoms with Crippen molar-refractivity contribution in [3.63, 3.8) is 0 Å². The zero-order chi connectivity index (χ0) is 52.7. The zero-order valence-corrected chi connectivity index (χ0v) is 40.5. The molecule has 2 heterocycles. The molecule has 1 aromatic heterocycles. The number of rotatable bonds is 16. The fraction of sp³-hybridized carbons (Fsp3) is 0.468. The number of nitrogens with one attached hydrogen (secondary N) is 9. The maximum atomic E-state index is 14.4. The van der Waals surface area contributed by atoms with E-state index in [2.05, 4.69) is 57.5 Å². The summed E-state index contributed by atoms with van der Waals surface area (Å²) in [7, 11) is 0. The van der Waals surface area contributed by atoms with Crippen LogP contribution in [0.4, 0.5) is 0 Å². The quantitative estimate of drug-likeness (QED) is 0.0380. The van der Waals surface area contributed by atoms with Crippen molar-refractivity contribution in [1.29, 1.82) is 0 Å². The number of aliphatic imine (C=N–C) groups is 2. The molecular formula is C47H68N16O9. The van der Waals surface area contributed by atoms with Gasteiger partial charge in [0.15, 0.2) is 11.9 Å². The number of amides is 9. The summed E-state index contributed by atoms with van der Waals surface area (Å²) in [5.74, 6) is -7.46. The number of carbonyl (C=O) groups excluding carboxylic acids is 9. The molecule has 0 radical (unpaired) electrons. The van der Waals surface area contributed by atoms with E-state index in [1.54, 1.807) is 36.5 Å². The van der Waals surface area contributed by atoms with Crippen molar-refractivity contribution in [2.45, 2.75) is 120 Å². The normalized spacial score (nSPS) is 21.5. The first-order valence-corrected chi connectivity index (χ1v) is 23.7. The summed E-state index contributed by atoms with van der Waals surface area (Å²) in [5, 5.41) is 21.8. The minimum absolute atomic E-state index is 0.0324. The lowest BCUT2D eigenvalue weighted by molar-refractivity contribution is -0.136. The summed E-state index contributed by atoms with van der Waals surface area (Å²) in [5.41, 5.74) is 29.7. The predicted octanol–water partition coefficient (Wildman–Crippen LogP) is -3.33. The van der Waals surface area contributed by atoms with Crippen LogP contribution in [0.25, 0.3) is 10.9 Å². The Bertz CT molecular complexity index is 2440. The van der Waals surface area contributed by atoms with Crippen molar-refractivity contribution in [2.24, 2.45) is 38.7 Å². The first kappa shape index (κ1) is 56.3. The van der Waals surface area contributed by atoms with E-state index in [9.17, 15) is 43.2 Å². The van der Waals surface area contributed by atoms with Crippen LogP contribution in [0.1, 0.15) is 76.3 Å². The van der Waals surface area contributed by atoms with E-state index in [0.717, 1.165) is 10.9 Å². The second-order valence-electron chi connectivity index (χ2n) is 17.4. The third kappa shape index (κ3) is 18.9. The average molecular weight is 1000 g/mol. The molecule has 0 aliphatic carbocycles. The van der Waals surface area contributed by atoms with Crippen molar-refractivity contribution < 1.29 is 43.2 Å². The van der Waals surface area contributed by atoms with Crippen molar-refractivity contribution in [3.05, 3.63) is 71.9 Å². The number of aromatic amines is 1. The van der Waals surface area contributed by atoms with Crippen LogP contribution < -0.4 is 71.2 Å². The molecule has 0 unspecified atom stereocenters. The molecule has 2 aromatic carbocycles. The lowest BCUT2D eigenvalue weighted by atomic mass is 10.0. The van der Waals surface area contributed by atoms with E-state index in [1.165, 1.54) is 13.8 Å². The predicted molar refractivity (Wildman–Crippen MR) is 268 cm³/mol. The van der Waals surface area contributed by atoms with Crippen LogP contribution in [-0.4, -0.2) is 132 Å². The lowest BCUT2D eigenvalue weighted by Crippen LogP contribution is -2.60. The number of H-pyrrole nitrogens is 1. The Morgan fingerprint density at radius 1 is 0.708 bits per heavy atom. The van der Waals surface area contributed by atoms with Gasteiger partial charge in [-0.2, -0.15) is 0 Å². The molecule has 0 spiro atoms. The zero-order valence-electron chi connectivity index (χ0n) is 40.5. The van der Waals surface area contributed by atoms with Crippen LogP contribution in [0.15, 0.2) is 70.8 Å². The number of para-hydroxylation sites is 1. The van der Waals surface area contributed by atoms with Crippen molar-refractivity contribution in [3.8, 4) is 0 Å². The minimum Gasteiger partial charge on any atom is -0.370 e. The van der Waals surface area contributed by atoms with Crippen molar-refractivity contribution in [2.75, 3.05) is 19.6 Å². The molecule has 7 atom stereocenters. The van der Waals surface area contributed by atoms with Gasteiger partial charge in [0.2, 0.25) is 53.2 Å². The van der Waals surface area contributed by atoms with Gasteiger partial charge in [-0.3, -0.25) is 53.1 Å². The third-order valence-electron chi connectivity index (χ3n) is 11.5. The van der Waals surface area contributed by atoms with E-state index in [1.807, 2.05) is 24.3 Å². The average Bonchev–Trinajstić information content (AvgIpc) is 3.74. The third-order valence-corrected chi connectivity index (χ3v) is 11.5. The number of hydrogen-bond donors (Lipinski definition) is 14. The Morgan fingerprint density at radius 3 is 2.00 bits per heavy atom. The molecular weight excluding hydrogens is 933 g/mol. The monoisotopic (exact) mass is 1000 g/mol. The van der Waals surface area contributed by atoms with Crippen molar-refractivity contribution >= 4 is 76.0 Å². The van der Waals surface area contributed by atoms with Gasteiger partial charge in [-0.15, -0.1) is 0 Å². The molecule has 25 nitrogen and oxygen atoms in total. The highest BCUT2D eigenvalue weighted by molar-refractivity contribution is 5.99. The number of fused-ring (bicyclic) bond motifs is 1. The minimum atomic E-state index is -1.59. The van der Waals surface area contributed by atoms with Gasteiger partial charge in [-0.25, -0.2) is 0 Å². The Labute approximate surface area is 416 Å². The van der Waals surface area contributed by atoms with Crippen LogP contribution >= 0.6 is 0 Å². The van der Waals surface area contributed by atoms with E-state index in [-0.39, 0.29) is 89.3 Å². The van der Waals surface area contributed by atoms with E-state index in [0.29, 0.717) is 11.1 Å². The first-order valence-electron chi connectivity index (χ1n) is 23.7. The van der Waals surface area contributed by atoms with Crippen LogP contribution in [0, 0.1) is 0 Å². The number of nitrogens with two attached hydrogens (primary N) is 5. The van der Waals surface area contributed by atoms with Gasteiger partial charge in [0.1, 0.15) is 42.3 Å². The smallest absolute Gasteiger partial charge is 0.243 e. The maximum Gasteiger partial charge on any atom is 0.243 e. The number of nitrogens with zero attached hydrogens (tertiary/aromatic N) is 2. The fourth-order valence-electron chi connectivity index (χ4n) is 7.80. The largest absolute Gasteiger partial charge is 0.370 e. The number of primary amides is 1. The summed E-state index contributed by atoms with van der Waals surface area (Å²) in [6.07, 6.45) is 1.92. The van der Waals surface area contributed by atoms with E-state index >= 15 is 0 Å². The number of hydrogen-bond acceptors (Lipinski definition) is 11. The molecule has 4 rings (SSSR count). The highest BCUT2D eigenvalue weighted by atomic mass is 16.2. The summed E-state index contributed by atoms with van der Waals surface area (Å²) < 4.78 is 0. The molecule has 72 heavy (non-hydrogen) atoms. The number of benzene rings is 2. The molecule has 0 saturated carbocycles. The number of aromatic nitrogens is 1. The summed E-state index contributed by atoms with van der Waals surface area (Å²) in [6, 6.07) is 6.59. The summed E-state index contributed by atoms with van der Waals surface area (Å²) in [4.78, 5) is 134. The Balaban J connectivity index is 1.71. The van der Waals surface area contributed by atoms with Gasteiger partial charge in [0.25, 0.3) is 0 Å². The van der Waals surface area contributed by atoms with Gasteiger partial charge in [-0.05, 0) is 69.1 Å². The van der Waals surface area contributed by atoms with Crippen LogP contribution in [0.5, 0.6) is 0 Å². The van der Waals surface area contributed by atoms with Crippen LogP contribution in [0.3, 0.4) is 0 Å². The standard InChI is InChI=1S/C47H68N16O9/c1-26-40(67)61-35(22-28-12-4-3-5-13-28)44(71)60-34(18-11-21-55-47(51)52)42(69)62-36(23-29-25-56-31-15-7-6-14-30(29)31)45(72)59-32(39(48)66)16-8-9-19-53-38(65)24-37(43(70)57-26)63-41(68)33(58-27(2)64)17-10-20-54-46(49)50/h3-7,12-15,25-26,32-37,56H,8-11,16-24H2,1-2H3,(H2,48,66)(H,53,65)(H,57,70)(H,58,64)(H,59,72)(H,60,71)(H,61,67)(H,62,69)(H,63,68)(H4,49,50,54)(H4,51,52,55)/t26-,32+,33+,34+,35-,36+,37+/m1/s1. The number of guanidine groups is 2. The molecule has 25 heteroatoms. The molecule has 390 valence electrons. The number of carbonyl (C=O) groups is 9. The molecule has 9 amide bonds. The van der Waals surface area contributed by atoms with Crippen LogP contribution in [0.2, 0.25) is 0 Å². The molecule has 1 saturated heterocycles. The van der Waals surface area contributed by atoms with Crippen molar-refractivity contribution in [1.82, 2.24) is 47.5 Å². The highest BCUT2D eigenvalue weighted by Crippen LogP contribution is 2.20. The maximum absolute atomic E-state index is 14.4. The second-order valence-corrected chi connectivity index (χ2v) is 17.4. The molecule has 0 bridgehead atoms. The summed E-state index contributed by atoms with van der Waals surface area (Å²) in [6.45, 7) is 2.75. The van der Waals surface area contributed by atoms with Gasteiger partial charge < -0.3 is 76.2 Å². The Hall–Kier alpha value is -8.25. The highest BCUT2D eigenvalue weighted by Gasteiger charge is 2.34. The molecule has 1 aliphatic rings. The van der Waals surface area contributed by atoms with Gasteiger partial charge in [0.05, 0.1) is 6.42 Å². The van der Waals surface area contributed by atoms with Gasteiger partial charge in [0, 0.05) is 56.5 Å². The molecule has 19 N–H and O–H groups in total. The SMILES string of the molecule is CC(=O)N[C@@H](CCCN=C(N)N)C(=O)N[C@H]1CC(=O)NCCCC[C@@H](C(N)=O)NC(=O)[C@H](Cc2c[nH]c3ccccc23)NC(=O)[C@H](CCCN=C(N)N)NC(=O)[C@@H](Cc2ccccc2)NC(=O)[C@@H](C)NC1=O. The Kier molecular flexibility index (Phi) is 22.2. The van der Waals surface area contributed by atoms with Gasteiger partial charge >= 0.3 is 0 Å². The lowest BCUT2D eigenvalue weighted by Gasteiger charge is -2.27. The van der Waals surface area contributed by atoms with E-state index < -0.39 is 102 Å². The second kappa shape index (κ2) is 28.4.